The Kier molecular flexibility index (Phi) is 4.48. The summed E-state index contributed by atoms with van der Waals surface area (Å²) in [4.78, 5) is 3.18. The van der Waals surface area contributed by atoms with Gasteiger partial charge in [0.15, 0.2) is 11.0 Å². The number of halogens is 2. The minimum Gasteiger partial charge on any atom is -0.276 e. The molecule has 0 atom stereocenters. The Morgan fingerprint density at radius 3 is 2.76 bits per heavy atom. The lowest BCUT2D eigenvalue weighted by Crippen LogP contribution is -2.13. The molecule has 0 bridgehead atoms. The Morgan fingerprint density at radius 2 is 2.14 bits per heavy atom. The quantitative estimate of drug-likeness (QED) is 0.853. The summed E-state index contributed by atoms with van der Waals surface area (Å²) < 4.78 is 41.4. The van der Waals surface area contributed by atoms with Crippen molar-refractivity contribution in [3.8, 4) is 0 Å². The van der Waals surface area contributed by atoms with Gasteiger partial charge in [0.05, 0.1) is 11.9 Å². The van der Waals surface area contributed by atoms with Gasteiger partial charge in [0.1, 0.15) is 4.90 Å². The van der Waals surface area contributed by atoms with Gasteiger partial charge in [-0.3, -0.25) is 9.40 Å². The molecule has 0 aliphatic carbocycles. The minimum absolute atomic E-state index is 0.297. The van der Waals surface area contributed by atoms with E-state index in [4.69, 9.17) is 11.6 Å². The highest BCUT2D eigenvalue weighted by Gasteiger charge is 2.18. The summed E-state index contributed by atoms with van der Waals surface area (Å²) in [5, 5.41) is 3.67. The first kappa shape index (κ1) is 15.7. The number of pyridine rings is 1. The molecule has 6 nitrogen and oxygen atoms in total. The van der Waals surface area contributed by atoms with Crippen LogP contribution in [-0.4, -0.2) is 23.2 Å². The smallest absolute Gasteiger partial charge is 0.263 e. The number of nitrogens with zero attached hydrogens (tertiary/aromatic N) is 3. The summed E-state index contributed by atoms with van der Waals surface area (Å²) in [6.07, 6.45) is 3.95. The molecule has 2 heterocycles. The monoisotopic (exact) mass is 332 g/mol. The maximum absolute atomic E-state index is 13.3. The standard InChI is InChI=1S/C12H14ClFN4O2S/c1-8(2)6-18-7-9(4-16-18)17-21(19,20)10-3-11(14)12(13)15-5-10/h3-5,7-8,17H,6H2,1-2H3. The lowest BCUT2D eigenvalue weighted by molar-refractivity contribution is 0.483. The van der Waals surface area contributed by atoms with Crippen LogP contribution in [0.25, 0.3) is 0 Å². The average molecular weight is 333 g/mol. The SMILES string of the molecule is CC(C)Cn1cc(NS(=O)(=O)c2cnc(Cl)c(F)c2)cn1. The van der Waals surface area contributed by atoms with E-state index in [0.29, 0.717) is 18.2 Å². The predicted octanol–water partition coefficient (Wildman–Crippen LogP) is 2.53. The summed E-state index contributed by atoms with van der Waals surface area (Å²) in [5.41, 5.74) is 0.297. The van der Waals surface area contributed by atoms with Gasteiger partial charge in [-0.05, 0) is 12.0 Å². The molecular weight excluding hydrogens is 319 g/mol. The number of nitrogens with one attached hydrogen (secondary N) is 1. The molecule has 0 unspecified atom stereocenters. The summed E-state index contributed by atoms with van der Waals surface area (Å²) in [6.45, 7) is 4.71. The summed E-state index contributed by atoms with van der Waals surface area (Å²) >= 11 is 5.43. The van der Waals surface area contributed by atoms with E-state index in [1.165, 1.54) is 6.20 Å². The van der Waals surface area contributed by atoms with E-state index in [9.17, 15) is 12.8 Å². The zero-order valence-corrected chi connectivity index (χ0v) is 13.0. The Hall–Kier alpha value is -1.67. The molecule has 0 aromatic carbocycles. The van der Waals surface area contributed by atoms with Gasteiger partial charge in [-0.1, -0.05) is 25.4 Å². The zero-order chi connectivity index (χ0) is 15.6. The molecule has 0 saturated heterocycles. The number of aromatic nitrogens is 3. The van der Waals surface area contributed by atoms with E-state index in [-0.39, 0.29) is 10.0 Å². The number of hydrogen-bond donors (Lipinski definition) is 1. The van der Waals surface area contributed by atoms with Gasteiger partial charge < -0.3 is 0 Å². The van der Waals surface area contributed by atoms with Crippen molar-refractivity contribution in [2.75, 3.05) is 4.72 Å². The van der Waals surface area contributed by atoms with E-state index in [1.54, 1.807) is 10.9 Å². The number of rotatable bonds is 5. The van der Waals surface area contributed by atoms with Crippen molar-refractivity contribution in [1.29, 1.82) is 0 Å². The Labute approximate surface area is 127 Å². The Bertz CT molecular complexity index is 745. The van der Waals surface area contributed by atoms with Crippen LogP contribution in [-0.2, 0) is 16.6 Å². The van der Waals surface area contributed by atoms with Crippen LogP contribution in [0.15, 0.2) is 29.6 Å². The first-order valence-electron chi connectivity index (χ1n) is 6.14. The van der Waals surface area contributed by atoms with Crippen LogP contribution in [0.5, 0.6) is 0 Å². The highest BCUT2D eigenvalue weighted by atomic mass is 35.5. The molecule has 0 amide bonds. The van der Waals surface area contributed by atoms with Crippen molar-refractivity contribution in [3.63, 3.8) is 0 Å². The van der Waals surface area contributed by atoms with E-state index in [0.717, 1.165) is 12.3 Å². The fraction of sp³-hybridized carbons (Fsp3) is 0.333. The largest absolute Gasteiger partial charge is 0.276 e. The van der Waals surface area contributed by atoms with Crippen molar-refractivity contribution >= 4 is 27.3 Å². The van der Waals surface area contributed by atoms with Crippen LogP contribution in [0, 0.1) is 11.7 Å². The lowest BCUT2D eigenvalue weighted by Gasteiger charge is -2.06. The zero-order valence-electron chi connectivity index (χ0n) is 11.4. The molecule has 0 saturated carbocycles. The van der Waals surface area contributed by atoms with Crippen LogP contribution in [0.4, 0.5) is 10.1 Å². The third-order valence-corrected chi connectivity index (χ3v) is 4.15. The molecule has 0 spiro atoms. The third-order valence-electron chi connectivity index (χ3n) is 2.52. The minimum atomic E-state index is -3.93. The predicted molar refractivity (Wildman–Crippen MR) is 77.1 cm³/mol. The van der Waals surface area contributed by atoms with Gasteiger partial charge in [-0.2, -0.15) is 5.10 Å². The summed E-state index contributed by atoms with van der Waals surface area (Å²) in [6, 6.07) is 0.816. The van der Waals surface area contributed by atoms with Gasteiger partial charge in [-0.15, -0.1) is 0 Å². The number of sulfonamides is 1. The van der Waals surface area contributed by atoms with Crippen LogP contribution < -0.4 is 4.72 Å². The maximum Gasteiger partial charge on any atom is 0.263 e. The first-order valence-corrected chi connectivity index (χ1v) is 8.00. The van der Waals surface area contributed by atoms with Gasteiger partial charge >= 0.3 is 0 Å². The molecule has 0 aliphatic heterocycles. The second-order valence-electron chi connectivity index (χ2n) is 4.89. The van der Waals surface area contributed by atoms with Gasteiger partial charge in [0.2, 0.25) is 0 Å². The molecule has 2 rings (SSSR count). The highest BCUT2D eigenvalue weighted by Crippen LogP contribution is 2.19. The van der Waals surface area contributed by atoms with E-state index in [1.807, 2.05) is 13.8 Å². The molecule has 1 N–H and O–H groups in total. The summed E-state index contributed by atoms with van der Waals surface area (Å²) in [7, 11) is -3.93. The highest BCUT2D eigenvalue weighted by molar-refractivity contribution is 7.92. The third kappa shape index (κ3) is 3.92. The Morgan fingerprint density at radius 1 is 1.43 bits per heavy atom. The Balaban J connectivity index is 2.20. The second-order valence-corrected chi connectivity index (χ2v) is 6.93. The van der Waals surface area contributed by atoms with E-state index < -0.39 is 15.8 Å². The molecule has 114 valence electrons. The van der Waals surface area contributed by atoms with Gasteiger partial charge in [-0.25, -0.2) is 17.8 Å². The van der Waals surface area contributed by atoms with Gasteiger partial charge in [0.25, 0.3) is 10.0 Å². The van der Waals surface area contributed by atoms with Crippen molar-refractivity contribution < 1.29 is 12.8 Å². The van der Waals surface area contributed by atoms with Crippen LogP contribution in [0.2, 0.25) is 5.15 Å². The number of anilines is 1. The maximum atomic E-state index is 13.3. The molecule has 9 heteroatoms. The second kappa shape index (κ2) is 5.98. The molecule has 2 aromatic heterocycles. The molecule has 21 heavy (non-hydrogen) atoms. The van der Waals surface area contributed by atoms with Crippen LogP contribution in [0.3, 0.4) is 0 Å². The lowest BCUT2D eigenvalue weighted by atomic mass is 10.2. The van der Waals surface area contributed by atoms with Crippen molar-refractivity contribution in [2.24, 2.45) is 5.92 Å². The average Bonchev–Trinajstić information content (AvgIpc) is 2.78. The first-order chi connectivity index (χ1) is 9.78. The van der Waals surface area contributed by atoms with Crippen LogP contribution in [0.1, 0.15) is 13.8 Å². The van der Waals surface area contributed by atoms with Crippen molar-refractivity contribution in [2.45, 2.75) is 25.3 Å². The molecule has 0 radical (unpaired) electrons. The normalized spacial score (nSPS) is 11.9. The van der Waals surface area contributed by atoms with E-state index >= 15 is 0 Å². The fourth-order valence-electron chi connectivity index (χ4n) is 1.65. The topological polar surface area (TPSA) is 76.9 Å². The van der Waals surface area contributed by atoms with Gasteiger partial charge in [0, 0.05) is 18.9 Å². The summed E-state index contributed by atoms with van der Waals surface area (Å²) in [5.74, 6) is -0.515. The molecular formula is C12H14ClFN4O2S. The van der Waals surface area contributed by atoms with Crippen LogP contribution >= 0.6 is 11.6 Å². The molecule has 0 fully saturated rings. The fourth-order valence-corrected chi connectivity index (χ4v) is 2.74. The number of hydrogen-bond acceptors (Lipinski definition) is 4. The van der Waals surface area contributed by atoms with E-state index in [2.05, 4.69) is 14.8 Å². The molecule has 2 aromatic rings. The molecule has 0 aliphatic rings. The van der Waals surface area contributed by atoms with Crippen molar-refractivity contribution in [1.82, 2.24) is 14.8 Å². The van der Waals surface area contributed by atoms with Crippen molar-refractivity contribution in [3.05, 3.63) is 35.6 Å².